The lowest BCUT2D eigenvalue weighted by molar-refractivity contribution is 0.0685. The molecule has 1 aromatic rings. The van der Waals surface area contributed by atoms with Crippen LogP contribution < -0.4 is 4.72 Å². The highest BCUT2D eigenvalue weighted by molar-refractivity contribution is 7.89. The molecule has 1 aromatic heterocycles. The standard InChI is InChI=1S/C13H23N3O4S/c1-5-6-16-9-11(7-12(16)13(17)18)21(19,20)14-10(2)8-15(3)4/h7,9-10,14H,5-6,8H2,1-4H3,(H,17,18). The third kappa shape index (κ3) is 4.83. The van der Waals surface area contributed by atoms with E-state index in [0.717, 1.165) is 6.42 Å². The first-order valence-electron chi connectivity index (χ1n) is 6.78. The molecule has 0 aliphatic rings. The van der Waals surface area contributed by atoms with Gasteiger partial charge in [0, 0.05) is 25.3 Å². The van der Waals surface area contributed by atoms with Crippen molar-refractivity contribution in [2.45, 2.75) is 37.8 Å². The highest BCUT2D eigenvalue weighted by Crippen LogP contribution is 2.15. The van der Waals surface area contributed by atoms with Crippen LogP contribution in [0.25, 0.3) is 0 Å². The van der Waals surface area contributed by atoms with E-state index in [4.69, 9.17) is 5.11 Å². The maximum atomic E-state index is 12.3. The van der Waals surface area contributed by atoms with Crippen molar-refractivity contribution in [1.29, 1.82) is 0 Å². The number of rotatable bonds is 8. The van der Waals surface area contributed by atoms with Crippen LogP contribution in [0.1, 0.15) is 30.8 Å². The lowest BCUT2D eigenvalue weighted by Gasteiger charge is -2.17. The van der Waals surface area contributed by atoms with Gasteiger partial charge in [0.2, 0.25) is 10.0 Å². The molecule has 120 valence electrons. The van der Waals surface area contributed by atoms with Gasteiger partial charge in [-0.25, -0.2) is 17.9 Å². The first-order valence-corrected chi connectivity index (χ1v) is 8.26. The molecule has 0 aliphatic heterocycles. The number of sulfonamides is 1. The maximum absolute atomic E-state index is 12.3. The average molecular weight is 317 g/mol. The summed E-state index contributed by atoms with van der Waals surface area (Å²) in [5.41, 5.74) is -0.0162. The van der Waals surface area contributed by atoms with Crippen LogP contribution in [0.3, 0.4) is 0 Å². The number of carbonyl (C=O) groups is 1. The molecule has 8 heteroatoms. The predicted molar refractivity (Wildman–Crippen MR) is 80.0 cm³/mol. The van der Waals surface area contributed by atoms with Crippen LogP contribution in [0.4, 0.5) is 0 Å². The number of aryl methyl sites for hydroxylation is 1. The fourth-order valence-corrected chi connectivity index (χ4v) is 3.43. The number of hydrogen-bond donors (Lipinski definition) is 2. The lowest BCUT2D eigenvalue weighted by atomic mass is 10.3. The van der Waals surface area contributed by atoms with E-state index in [1.165, 1.54) is 16.8 Å². The normalized spacial score (nSPS) is 13.6. The van der Waals surface area contributed by atoms with Crippen molar-refractivity contribution in [2.24, 2.45) is 0 Å². The molecule has 0 saturated heterocycles. The molecule has 0 spiro atoms. The highest BCUT2D eigenvalue weighted by Gasteiger charge is 2.23. The third-order valence-corrected chi connectivity index (χ3v) is 4.42. The minimum absolute atomic E-state index is 0.0149. The van der Waals surface area contributed by atoms with Crippen molar-refractivity contribution in [3.8, 4) is 0 Å². The van der Waals surface area contributed by atoms with E-state index >= 15 is 0 Å². The zero-order valence-electron chi connectivity index (χ0n) is 12.8. The maximum Gasteiger partial charge on any atom is 0.352 e. The number of nitrogens with one attached hydrogen (secondary N) is 1. The van der Waals surface area contributed by atoms with Gasteiger partial charge < -0.3 is 14.6 Å². The Hall–Kier alpha value is -1.38. The van der Waals surface area contributed by atoms with Crippen LogP contribution >= 0.6 is 0 Å². The summed E-state index contributed by atoms with van der Waals surface area (Å²) in [4.78, 5) is 13.0. The van der Waals surface area contributed by atoms with Crippen LogP contribution in [0, 0.1) is 0 Å². The summed E-state index contributed by atoms with van der Waals surface area (Å²) in [7, 11) is -0.0150. The smallest absolute Gasteiger partial charge is 0.352 e. The number of aromatic carboxylic acids is 1. The zero-order chi connectivity index (χ0) is 16.2. The average Bonchev–Trinajstić information content (AvgIpc) is 2.72. The monoisotopic (exact) mass is 317 g/mol. The fourth-order valence-electron chi connectivity index (χ4n) is 2.15. The number of aromatic nitrogens is 1. The number of carboxylic acid groups (broad SMARTS) is 1. The Balaban J connectivity index is 3.03. The van der Waals surface area contributed by atoms with Gasteiger partial charge in [0.05, 0.1) is 0 Å². The largest absolute Gasteiger partial charge is 0.477 e. The van der Waals surface area contributed by atoms with E-state index in [9.17, 15) is 13.2 Å². The van der Waals surface area contributed by atoms with Crippen molar-refractivity contribution < 1.29 is 18.3 Å². The molecule has 1 heterocycles. The van der Waals surface area contributed by atoms with Crippen molar-refractivity contribution >= 4 is 16.0 Å². The Bertz CT molecular complexity index is 593. The molecule has 0 bridgehead atoms. The topological polar surface area (TPSA) is 91.6 Å². The van der Waals surface area contributed by atoms with E-state index in [-0.39, 0.29) is 16.6 Å². The predicted octanol–water partition coefficient (Wildman–Crippen LogP) is 0.825. The van der Waals surface area contributed by atoms with Gasteiger partial charge in [0.15, 0.2) is 0 Å². The molecule has 0 radical (unpaired) electrons. The molecular weight excluding hydrogens is 294 g/mol. The van der Waals surface area contributed by atoms with Gasteiger partial charge >= 0.3 is 5.97 Å². The van der Waals surface area contributed by atoms with Crippen LogP contribution in [0.2, 0.25) is 0 Å². The van der Waals surface area contributed by atoms with Crippen LogP contribution in [0.15, 0.2) is 17.2 Å². The Labute approximate surface area is 125 Å². The minimum atomic E-state index is -3.72. The number of likely N-dealkylation sites (N-methyl/N-ethyl adjacent to an activating group) is 1. The highest BCUT2D eigenvalue weighted by atomic mass is 32.2. The minimum Gasteiger partial charge on any atom is -0.477 e. The SMILES string of the molecule is CCCn1cc(S(=O)(=O)NC(C)CN(C)C)cc1C(=O)O. The number of nitrogens with zero attached hydrogens (tertiary/aromatic N) is 2. The molecule has 0 fully saturated rings. The van der Waals surface area contributed by atoms with Gasteiger partial charge in [-0.3, -0.25) is 0 Å². The molecular formula is C13H23N3O4S. The summed E-state index contributed by atoms with van der Waals surface area (Å²) in [6.07, 6.45) is 2.09. The lowest BCUT2D eigenvalue weighted by Crippen LogP contribution is -2.39. The second-order valence-electron chi connectivity index (χ2n) is 5.34. The van der Waals surface area contributed by atoms with Crippen LogP contribution in [-0.4, -0.2) is 55.6 Å². The molecule has 1 atom stereocenters. The number of hydrogen-bond acceptors (Lipinski definition) is 4. The van der Waals surface area contributed by atoms with Crippen molar-refractivity contribution in [1.82, 2.24) is 14.2 Å². The Morgan fingerprint density at radius 1 is 1.48 bits per heavy atom. The summed E-state index contributed by atoms with van der Waals surface area (Å²) >= 11 is 0. The van der Waals surface area contributed by atoms with Crippen molar-refractivity contribution in [2.75, 3.05) is 20.6 Å². The second kappa shape index (κ2) is 7.06. The second-order valence-corrected chi connectivity index (χ2v) is 7.06. The van der Waals surface area contributed by atoms with E-state index in [1.807, 2.05) is 25.9 Å². The van der Waals surface area contributed by atoms with Crippen molar-refractivity contribution in [3.05, 3.63) is 18.0 Å². The molecule has 1 rings (SSSR count). The summed E-state index contributed by atoms with van der Waals surface area (Å²) in [5, 5.41) is 9.13. The van der Waals surface area contributed by atoms with Gasteiger partial charge in [0.1, 0.15) is 10.6 Å². The zero-order valence-corrected chi connectivity index (χ0v) is 13.6. The molecule has 0 aromatic carbocycles. The molecule has 2 N–H and O–H groups in total. The Kier molecular flexibility index (Phi) is 5.94. The van der Waals surface area contributed by atoms with Gasteiger partial charge in [-0.05, 0) is 33.5 Å². The quantitative estimate of drug-likeness (QED) is 0.741. The molecule has 0 aliphatic carbocycles. The molecule has 0 amide bonds. The van der Waals surface area contributed by atoms with Gasteiger partial charge in [-0.1, -0.05) is 6.92 Å². The first kappa shape index (κ1) is 17.7. The fraction of sp³-hybridized carbons (Fsp3) is 0.615. The summed E-state index contributed by atoms with van der Waals surface area (Å²) in [6, 6.07) is 0.927. The van der Waals surface area contributed by atoms with Gasteiger partial charge in [-0.15, -0.1) is 0 Å². The van der Waals surface area contributed by atoms with Crippen LogP contribution in [-0.2, 0) is 16.6 Å². The van der Waals surface area contributed by atoms with E-state index in [0.29, 0.717) is 13.1 Å². The molecule has 7 nitrogen and oxygen atoms in total. The van der Waals surface area contributed by atoms with Gasteiger partial charge in [0.25, 0.3) is 0 Å². The van der Waals surface area contributed by atoms with Crippen LogP contribution in [0.5, 0.6) is 0 Å². The number of carboxylic acids is 1. The summed E-state index contributed by atoms with van der Waals surface area (Å²) in [6.45, 7) is 4.68. The van der Waals surface area contributed by atoms with E-state index in [2.05, 4.69) is 4.72 Å². The van der Waals surface area contributed by atoms with Crippen molar-refractivity contribution in [3.63, 3.8) is 0 Å². The Morgan fingerprint density at radius 3 is 2.57 bits per heavy atom. The first-order chi connectivity index (χ1) is 9.67. The molecule has 21 heavy (non-hydrogen) atoms. The van der Waals surface area contributed by atoms with E-state index in [1.54, 1.807) is 6.92 Å². The Morgan fingerprint density at radius 2 is 2.10 bits per heavy atom. The summed E-state index contributed by atoms with van der Waals surface area (Å²) < 4.78 is 28.6. The summed E-state index contributed by atoms with van der Waals surface area (Å²) in [5.74, 6) is -1.13. The molecule has 1 unspecified atom stereocenters. The van der Waals surface area contributed by atoms with Gasteiger partial charge in [-0.2, -0.15) is 0 Å². The molecule has 0 saturated carbocycles. The third-order valence-electron chi connectivity index (χ3n) is 2.86. The van der Waals surface area contributed by atoms with E-state index < -0.39 is 16.0 Å².